The molecular formula is C14H12F2O3S. The van der Waals surface area contributed by atoms with Crippen molar-refractivity contribution in [1.82, 2.24) is 0 Å². The molecule has 0 amide bonds. The number of rotatable bonds is 4. The number of methoxy groups -OCH3 is 1. The topological polar surface area (TPSA) is 43.4 Å². The van der Waals surface area contributed by atoms with Crippen molar-refractivity contribution >= 4 is 9.84 Å². The summed E-state index contributed by atoms with van der Waals surface area (Å²) in [6.45, 7) is 0. The van der Waals surface area contributed by atoms with Crippen LogP contribution in [0.15, 0.2) is 47.4 Å². The first-order chi connectivity index (χ1) is 9.42. The van der Waals surface area contributed by atoms with Gasteiger partial charge >= 0.3 is 0 Å². The lowest BCUT2D eigenvalue weighted by Gasteiger charge is -2.07. The van der Waals surface area contributed by atoms with Gasteiger partial charge in [0.1, 0.15) is 5.82 Å². The largest absolute Gasteiger partial charge is 0.494 e. The lowest BCUT2D eigenvalue weighted by atomic mass is 10.2. The predicted octanol–water partition coefficient (Wildman–Crippen LogP) is 2.95. The zero-order chi connectivity index (χ0) is 14.8. The van der Waals surface area contributed by atoms with Gasteiger partial charge in [0.15, 0.2) is 21.4 Å². The Bertz CT molecular complexity index is 727. The highest BCUT2D eigenvalue weighted by molar-refractivity contribution is 7.90. The fraction of sp³-hybridized carbons (Fsp3) is 0.143. The molecule has 0 aliphatic heterocycles. The van der Waals surface area contributed by atoms with Crippen LogP contribution >= 0.6 is 0 Å². The molecule has 2 rings (SSSR count). The molecule has 3 nitrogen and oxygen atoms in total. The first kappa shape index (κ1) is 14.5. The van der Waals surface area contributed by atoms with E-state index in [-0.39, 0.29) is 16.2 Å². The van der Waals surface area contributed by atoms with Crippen LogP contribution in [0, 0.1) is 11.6 Å². The van der Waals surface area contributed by atoms with Crippen LogP contribution in [0.3, 0.4) is 0 Å². The van der Waals surface area contributed by atoms with Crippen molar-refractivity contribution in [3.8, 4) is 5.75 Å². The lowest BCUT2D eigenvalue weighted by molar-refractivity contribution is 0.386. The van der Waals surface area contributed by atoms with E-state index in [1.807, 2.05) is 0 Å². The number of sulfone groups is 1. The van der Waals surface area contributed by atoms with Crippen LogP contribution in [0.25, 0.3) is 0 Å². The zero-order valence-corrected chi connectivity index (χ0v) is 11.5. The highest BCUT2D eigenvalue weighted by atomic mass is 32.2. The fourth-order valence-electron chi connectivity index (χ4n) is 1.76. The molecular weight excluding hydrogens is 286 g/mol. The van der Waals surface area contributed by atoms with E-state index in [0.717, 1.165) is 18.2 Å². The van der Waals surface area contributed by atoms with Crippen LogP contribution in [0.1, 0.15) is 5.56 Å². The Morgan fingerprint density at radius 2 is 1.85 bits per heavy atom. The van der Waals surface area contributed by atoms with E-state index in [1.54, 1.807) is 0 Å². The molecule has 2 aromatic carbocycles. The van der Waals surface area contributed by atoms with Crippen LogP contribution in [0.2, 0.25) is 0 Å². The Morgan fingerprint density at radius 1 is 1.10 bits per heavy atom. The van der Waals surface area contributed by atoms with Gasteiger partial charge in [-0.25, -0.2) is 17.2 Å². The van der Waals surface area contributed by atoms with Gasteiger partial charge in [0.25, 0.3) is 0 Å². The van der Waals surface area contributed by atoms with Crippen LogP contribution < -0.4 is 4.74 Å². The van der Waals surface area contributed by atoms with Gasteiger partial charge in [-0.1, -0.05) is 12.1 Å². The van der Waals surface area contributed by atoms with E-state index in [4.69, 9.17) is 4.74 Å². The summed E-state index contributed by atoms with van der Waals surface area (Å²) < 4.78 is 55.5. The standard InChI is InChI=1S/C14H12F2O3S/c1-19-14-6-5-10(7-13(14)16)9-20(17,18)12-4-2-3-11(15)8-12/h2-8H,9H2,1H3. The maximum Gasteiger partial charge on any atom is 0.182 e. The van der Waals surface area contributed by atoms with Gasteiger partial charge < -0.3 is 4.74 Å². The average Bonchev–Trinajstić information content (AvgIpc) is 2.38. The third kappa shape index (κ3) is 3.14. The van der Waals surface area contributed by atoms with Gasteiger partial charge in [0.05, 0.1) is 17.8 Å². The van der Waals surface area contributed by atoms with E-state index >= 15 is 0 Å². The molecule has 20 heavy (non-hydrogen) atoms. The van der Waals surface area contributed by atoms with Gasteiger partial charge in [-0.2, -0.15) is 0 Å². The van der Waals surface area contributed by atoms with Gasteiger partial charge in [0.2, 0.25) is 0 Å². The average molecular weight is 298 g/mol. The normalized spacial score (nSPS) is 11.3. The molecule has 0 spiro atoms. The number of benzene rings is 2. The Morgan fingerprint density at radius 3 is 2.45 bits per heavy atom. The summed E-state index contributed by atoms with van der Waals surface area (Å²) in [7, 11) is -2.40. The van der Waals surface area contributed by atoms with Crippen molar-refractivity contribution in [1.29, 1.82) is 0 Å². The number of hydrogen-bond acceptors (Lipinski definition) is 3. The molecule has 0 aliphatic carbocycles. The van der Waals surface area contributed by atoms with E-state index in [2.05, 4.69) is 0 Å². The van der Waals surface area contributed by atoms with Crippen LogP contribution in [-0.2, 0) is 15.6 Å². The van der Waals surface area contributed by atoms with Crippen molar-refractivity contribution in [2.45, 2.75) is 10.6 Å². The molecule has 0 N–H and O–H groups in total. The minimum atomic E-state index is -3.72. The van der Waals surface area contributed by atoms with E-state index in [9.17, 15) is 17.2 Å². The second-order valence-electron chi connectivity index (χ2n) is 4.19. The lowest BCUT2D eigenvalue weighted by Crippen LogP contribution is -2.05. The van der Waals surface area contributed by atoms with Crippen LogP contribution in [0.5, 0.6) is 5.75 Å². The highest BCUT2D eigenvalue weighted by Crippen LogP contribution is 2.22. The van der Waals surface area contributed by atoms with E-state index in [1.165, 1.54) is 31.4 Å². The third-order valence-electron chi connectivity index (χ3n) is 2.73. The minimum absolute atomic E-state index is 0.0388. The molecule has 2 aromatic rings. The molecule has 0 radical (unpaired) electrons. The quantitative estimate of drug-likeness (QED) is 0.871. The third-order valence-corrected chi connectivity index (χ3v) is 4.41. The summed E-state index contributed by atoms with van der Waals surface area (Å²) >= 11 is 0. The van der Waals surface area contributed by atoms with E-state index in [0.29, 0.717) is 0 Å². The number of hydrogen-bond donors (Lipinski definition) is 0. The molecule has 0 aliphatic rings. The minimum Gasteiger partial charge on any atom is -0.494 e. The Kier molecular flexibility index (Phi) is 4.04. The molecule has 0 fully saturated rings. The molecule has 0 aromatic heterocycles. The summed E-state index contributed by atoms with van der Waals surface area (Å²) in [5, 5.41) is 0. The molecule has 0 saturated heterocycles. The molecule has 0 heterocycles. The van der Waals surface area contributed by atoms with Crippen molar-refractivity contribution in [2.24, 2.45) is 0 Å². The molecule has 6 heteroatoms. The maximum absolute atomic E-state index is 13.5. The van der Waals surface area contributed by atoms with Gasteiger partial charge in [0, 0.05) is 0 Å². The van der Waals surface area contributed by atoms with Gasteiger partial charge in [-0.15, -0.1) is 0 Å². The first-order valence-corrected chi connectivity index (χ1v) is 7.38. The summed E-state index contributed by atoms with van der Waals surface area (Å²) in [5.41, 5.74) is 0.271. The van der Waals surface area contributed by atoms with Crippen molar-refractivity contribution < 1.29 is 21.9 Å². The summed E-state index contributed by atoms with van der Waals surface area (Å²) in [6, 6.07) is 8.62. The zero-order valence-electron chi connectivity index (χ0n) is 10.6. The summed E-state index contributed by atoms with van der Waals surface area (Å²) in [6.07, 6.45) is 0. The number of ether oxygens (including phenoxy) is 1. The van der Waals surface area contributed by atoms with Crippen molar-refractivity contribution in [3.05, 3.63) is 59.7 Å². The second-order valence-corrected chi connectivity index (χ2v) is 6.17. The smallest absolute Gasteiger partial charge is 0.182 e. The first-order valence-electron chi connectivity index (χ1n) is 5.73. The molecule has 0 saturated carbocycles. The fourth-order valence-corrected chi connectivity index (χ4v) is 3.13. The molecule has 0 atom stereocenters. The monoisotopic (exact) mass is 298 g/mol. The SMILES string of the molecule is COc1ccc(CS(=O)(=O)c2cccc(F)c2)cc1F. The number of halogens is 2. The van der Waals surface area contributed by atoms with Gasteiger partial charge in [-0.05, 0) is 35.9 Å². The Labute approximate surface area is 115 Å². The summed E-state index contributed by atoms with van der Waals surface area (Å²) in [5.74, 6) is -1.64. The maximum atomic E-state index is 13.5. The van der Waals surface area contributed by atoms with Crippen LogP contribution in [0.4, 0.5) is 8.78 Å². The molecule has 106 valence electrons. The molecule has 0 unspecified atom stereocenters. The Hall–Kier alpha value is -1.95. The molecule has 0 bridgehead atoms. The highest BCUT2D eigenvalue weighted by Gasteiger charge is 2.17. The second kappa shape index (κ2) is 5.58. The summed E-state index contributed by atoms with van der Waals surface area (Å²) in [4.78, 5) is -0.131. The Balaban J connectivity index is 2.31. The predicted molar refractivity (Wildman–Crippen MR) is 70.2 cm³/mol. The van der Waals surface area contributed by atoms with Gasteiger partial charge in [-0.3, -0.25) is 0 Å². The van der Waals surface area contributed by atoms with Crippen molar-refractivity contribution in [3.63, 3.8) is 0 Å². The van der Waals surface area contributed by atoms with E-state index < -0.39 is 27.2 Å². The van der Waals surface area contributed by atoms with Crippen LogP contribution in [-0.4, -0.2) is 15.5 Å². The van der Waals surface area contributed by atoms with Crippen molar-refractivity contribution in [2.75, 3.05) is 7.11 Å².